The van der Waals surface area contributed by atoms with E-state index >= 15 is 0 Å². The van der Waals surface area contributed by atoms with Crippen molar-refractivity contribution in [3.8, 4) is 0 Å². The molecule has 0 bridgehead atoms. The summed E-state index contributed by atoms with van der Waals surface area (Å²) in [5, 5.41) is 4.20. The Morgan fingerprint density at radius 3 is 2.30 bits per heavy atom. The van der Waals surface area contributed by atoms with Crippen LogP contribution in [0.15, 0.2) is 46.5 Å². The second-order valence-corrected chi connectivity index (χ2v) is 8.97. The molecule has 0 aliphatic rings. The third kappa shape index (κ3) is 5.14. The van der Waals surface area contributed by atoms with Gasteiger partial charge in [-0.25, -0.2) is 13.4 Å². The number of benzene rings is 1. The molecule has 0 amide bonds. The molecule has 0 unspecified atom stereocenters. The standard InChI is InChI=1S/C20H28N4O2S/c1-14(2)24(15(3)4)27(25,26)19-9-10-20(21-13-19)23-22-12-18-11-16(5)7-8-17(18)6/h7-15H,1-6H3,(H,21,23)/b22-12-. The van der Waals surface area contributed by atoms with Crippen LogP contribution in [0.25, 0.3) is 0 Å². The zero-order valence-electron chi connectivity index (χ0n) is 16.8. The molecule has 0 aliphatic carbocycles. The van der Waals surface area contributed by atoms with Gasteiger partial charge < -0.3 is 0 Å². The predicted molar refractivity (Wildman–Crippen MR) is 111 cm³/mol. The van der Waals surface area contributed by atoms with E-state index in [0.29, 0.717) is 5.82 Å². The van der Waals surface area contributed by atoms with Gasteiger partial charge in [-0.3, -0.25) is 5.43 Å². The number of hydrogen-bond donors (Lipinski definition) is 1. The average molecular weight is 389 g/mol. The van der Waals surface area contributed by atoms with Gasteiger partial charge in [0, 0.05) is 18.3 Å². The molecule has 0 spiro atoms. The molecule has 0 fully saturated rings. The van der Waals surface area contributed by atoms with Crippen LogP contribution in [-0.4, -0.2) is 36.0 Å². The number of anilines is 1. The minimum absolute atomic E-state index is 0.130. The van der Waals surface area contributed by atoms with Gasteiger partial charge in [0.05, 0.1) is 6.21 Å². The highest BCUT2D eigenvalue weighted by Crippen LogP contribution is 2.21. The molecule has 0 atom stereocenters. The first-order chi connectivity index (χ1) is 12.6. The van der Waals surface area contributed by atoms with Crippen LogP contribution < -0.4 is 5.43 Å². The van der Waals surface area contributed by atoms with Gasteiger partial charge in [-0.15, -0.1) is 0 Å². The summed E-state index contributed by atoms with van der Waals surface area (Å²) in [6, 6.07) is 9.06. The van der Waals surface area contributed by atoms with E-state index in [1.165, 1.54) is 10.5 Å². The van der Waals surface area contributed by atoms with Gasteiger partial charge in [-0.2, -0.15) is 9.41 Å². The number of hydrogen-bond acceptors (Lipinski definition) is 5. The number of nitrogens with one attached hydrogen (secondary N) is 1. The van der Waals surface area contributed by atoms with Crippen molar-refractivity contribution in [1.29, 1.82) is 0 Å². The highest BCUT2D eigenvalue weighted by atomic mass is 32.2. The minimum Gasteiger partial charge on any atom is -0.261 e. The minimum atomic E-state index is -3.59. The van der Waals surface area contributed by atoms with Crippen LogP contribution in [0.2, 0.25) is 0 Å². The molecule has 2 rings (SSSR count). The second-order valence-electron chi connectivity index (χ2n) is 7.13. The number of nitrogens with zero attached hydrogens (tertiary/aromatic N) is 3. The molecule has 146 valence electrons. The molecule has 0 saturated heterocycles. The lowest BCUT2D eigenvalue weighted by Gasteiger charge is -2.29. The molecule has 6 nitrogen and oxygen atoms in total. The highest BCUT2D eigenvalue weighted by Gasteiger charge is 2.29. The molecule has 0 aliphatic heterocycles. The fourth-order valence-electron chi connectivity index (χ4n) is 2.94. The molecule has 1 aromatic heterocycles. The van der Waals surface area contributed by atoms with Gasteiger partial charge in [0.15, 0.2) is 0 Å². The fraction of sp³-hybridized carbons (Fsp3) is 0.400. The fourth-order valence-corrected chi connectivity index (χ4v) is 4.72. The van der Waals surface area contributed by atoms with Crippen molar-refractivity contribution in [2.45, 2.75) is 58.5 Å². The van der Waals surface area contributed by atoms with E-state index in [1.54, 1.807) is 18.3 Å². The van der Waals surface area contributed by atoms with Crippen LogP contribution in [0.5, 0.6) is 0 Å². The third-order valence-electron chi connectivity index (χ3n) is 4.15. The number of hydrazone groups is 1. The van der Waals surface area contributed by atoms with Crippen molar-refractivity contribution in [2.24, 2.45) is 5.10 Å². The number of pyridine rings is 1. The van der Waals surface area contributed by atoms with Crippen molar-refractivity contribution in [3.05, 3.63) is 53.2 Å². The summed E-state index contributed by atoms with van der Waals surface area (Å²) >= 11 is 0. The molecule has 27 heavy (non-hydrogen) atoms. The van der Waals surface area contributed by atoms with Crippen LogP contribution in [-0.2, 0) is 10.0 Å². The first-order valence-electron chi connectivity index (χ1n) is 8.99. The maximum Gasteiger partial charge on any atom is 0.245 e. The molecular formula is C20H28N4O2S. The van der Waals surface area contributed by atoms with Crippen molar-refractivity contribution >= 4 is 22.1 Å². The van der Waals surface area contributed by atoms with Gasteiger partial charge in [-0.05, 0) is 64.8 Å². The zero-order valence-corrected chi connectivity index (χ0v) is 17.6. The molecule has 1 aromatic carbocycles. The predicted octanol–water partition coefficient (Wildman–Crippen LogP) is 3.95. The van der Waals surface area contributed by atoms with E-state index in [2.05, 4.69) is 27.6 Å². The Balaban J connectivity index is 2.15. The maximum absolute atomic E-state index is 12.8. The highest BCUT2D eigenvalue weighted by molar-refractivity contribution is 7.89. The monoisotopic (exact) mass is 388 g/mol. The number of rotatable bonds is 7. The Morgan fingerprint density at radius 1 is 1.07 bits per heavy atom. The summed E-state index contributed by atoms with van der Waals surface area (Å²) < 4.78 is 27.1. The Bertz CT molecular complexity index is 896. The SMILES string of the molecule is Cc1ccc(C)c(/C=N\Nc2ccc(S(=O)(=O)N(C(C)C)C(C)C)cn2)c1. The molecule has 2 aromatic rings. The van der Waals surface area contributed by atoms with E-state index in [9.17, 15) is 8.42 Å². The summed E-state index contributed by atoms with van der Waals surface area (Å²) in [4.78, 5) is 4.36. The number of sulfonamides is 1. The molecule has 0 radical (unpaired) electrons. The van der Waals surface area contributed by atoms with Crippen LogP contribution in [0.3, 0.4) is 0 Å². The van der Waals surface area contributed by atoms with E-state index in [1.807, 2.05) is 47.6 Å². The van der Waals surface area contributed by atoms with Gasteiger partial charge in [0.25, 0.3) is 0 Å². The normalized spacial score (nSPS) is 12.5. The van der Waals surface area contributed by atoms with Crippen molar-refractivity contribution in [1.82, 2.24) is 9.29 Å². The third-order valence-corrected chi connectivity index (χ3v) is 6.38. The maximum atomic E-state index is 12.8. The summed E-state index contributed by atoms with van der Waals surface area (Å²) in [6.45, 7) is 11.5. The van der Waals surface area contributed by atoms with Gasteiger partial charge in [0.2, 0.25) is 10.0 Å². The quantitative estimate of drug-likeness (QED) is 0.576. The van der Waals surface area contributed by atoms with Crippen LogP contribution in [0, 0.1) is 13.8 Å². The van der Waals surface area contributed by atoms with Crippen LogP contribution in [0.4, 0.5) is 5.82 Å². The average Bonchev–Trinajstić information content (AvgIpc) is 2.57. The van der Waals surface area contributed by atoms with E-state index in [-0.39, 0.29) is 17.0 Å². The Hall–Kier alpha value is -2.25. The summed E-state index contributed by atoms with van der Waals surface area (Å²) in [5.41, 5.74) is 6.15. The lowest BCUT2D eigenvalue weighted by atomic mass is 10.1. The number of aromatic nitrogens is 1. The molecule has 1 heterocycles. The molecular weight excluding hydrogens is 360 g/mol. The van der Waals surface area contributed by atoms with E-state index in [4.69, 9.17) is 0 Å². The lowest BCUT2D eigenvalue weighted by molar-refractivity contribution is 0.302. The van der Waals surface area contributed by atoms with Crippen molar-refractivity contribution in [3.63, 3.8) is 0 Å². The van der Waals surface area contributed by atoms with Gasteiger partial charge >= 0.3 is 0 Å². The largest absolute Gasteiger partial charge is 0.261 e. The van der Waals surface area contributed by atoms with E-state index in [0.717, 1.165) is 16.7 Å². The second kappa shape index (κ2) is 8.63. The summed E-state index contributed by atoms with van der Waals surface area (Å²) in [7, 11) is -3.59. The summed E-state index contributed by atoms with van der Waals surface area (Å²) in [6.07, 6.45) is 3.09. The Morgan fingerprint density at radius 2 is 1.74 bits per heavy atom. The summed E-state index contributed by atoms with van der Waals surface area (Å²) in [5.74, 6) is 0.483. The Labute approximate surface area is 162 Å². The first-order valence-corrected chi connectivity index (χ1v) is 10.4. The molecule has 1 N–H and O–H groups in total. The smallest absolute Gasteiger partial charge is 0.245 e. The number of aryl methyl sites for hydroxylation is 2. The van der Waals surface area contributed by atoms with Crippen molar-refractivity contribution < 1.29 is 8.42 Å². The van der Waals surface area contributed by atoms with Gasteiger partial charge in [0.1, 0.15) is 10.7 Å². The molecule has 0 saturated carbocycles. The Kier molecular flexibility index (Phi) is 6.73. The topological polar surface area (TPSA) is 74.7 Å². The van der Waals surface area contributed by atoms with Gasteiger partial charge in [-0.1, -0.05) is 23.8 Å². The first kappa shape index (κ1) is 21.1. The molecule has 7 heteroatoms. The van der Waals surface area contributed by atoms with Crippen LogP contribution >= 0.6 is 0 Å². The van der Waals surface area contributed by atoms with Crippen molar-refractivity contribution in [2.75, 3.05) is 5.43 Å². The van der Waals surface area contributed by atoms with Crippen LogP contribution in [0.1, 0.15) is 44.4 Å². The van der Waals surface area contributed by atoms with E-state index < -0.39 is 10.0 Å². The zero-order chi connectivity index (χ0) is 20.2. The lowest BCUT2D eigenvalue weighted by Crippen LogP contribution is -2.41.